The van der Waals surface area contributed by atoms with Crippen molar-refractivity contribution in [3.8, 4) is 17.1 Å². The minimum Gasteiger partial charge on any atom is -0.494 e. The Bertz CT molecular complexity index is 3240. The van der Waals surface area contributed by atoms with E-state index in [1.165, 1.54) is 136 Å². The van der Waals surface area contributed by atoms with E-state index in [9.17, 15) is 0 Å². The number of aromatic nitrogens is 2. The molecule has 0 unspecified atom stereocenters. The SMILES string of the molecule is CCCCCCCCOc1ccc(C2(c3ccc(C)cc3)c3cc(-n4c5ccccc5c5ccccc54)cc4ccc5cc(-n6c7ccccc7c7ccccc76)cc2c5c34)cc1. The maximum absolute atomic E-state index is 6.45. The Balaban J connectivity index is 1.13. The molecule has 0 amide bonds. The molecule has 63 heavy (non-hydrogen) atoms. The predicted octanol–water partition coefficient (Wildman–Crippen LogP) is 15.9. The first-order chi connectivity index (χ1) is 31.1. The summed E-state index contributed by atoms with van der Waals surface area (Å²) in [7, 11) is 0. The number of unbranched alkanes of at least 4 members (excludes halogenated alkanes) is 5. The summed E-state index contributed by atoms with van der Waals surface area (Å²) in [5.74, 6) is 0.926. The molecule has 0 N–H and O–H groups in total. The van der Waals surface area contributed by atoms with E-state index in [0.29, 0.717) is 0 Å². The van der Waals surface area contributed by atoms with Crippen molar-refractivity contribution in [2.75, 3.05) is 6.61 Å². The zero-order valence-electron chi connectivity index (χ0n) is 36.1. The molecule has 306 valence electrons. The summed E-state index contributed by atoms with van der Waals surface area (Å²) >= 11 is 0. The van der Waals surface area contributed by atoms with Crippen LogP contribution in [0.1, 0.15) is 73.3 Å². The molecular formula is C60H50N2O. The molecule has 9 aromatic carbocycles. The normalized spacial score (nSPS) is 13.2. The molecule has 3 heteroatoms. The number of para-hydroxylation sites is 4. The molecule has 0 bridgehead atoms. The summed E-state index contributed by atoms with van der Waals surface area (Å²) in [6.07, 6.45) is 7.46. The van der Waals surface area contributed by atoms with E-state index in [2.05, 4.69) is 205 Å². The average molecular weight is 815 g/mol. The van der Waals surface area contributed by atoms with Crippen LogP contribution in [0.5, 0.6) is 5.75 Å². The molecule has 0 saturated heterocycles. The lowest BCUT2D eigenvalue weighted by molar-refractivity contribution is 0.304. The number of benzene rings is 9. The van der Waals surface area contributed by atoms with Crippen LogP contribution in [0.3, 0.4) is 0 Å². The highest BCUT2D eigenvalue weighted by atomic mass is 16.5. The fourth-order valence-electron chi connectivity index (χ4n) is 11.2. The molecular weight excluding hydrogens is 765 g/mol. The topological polar surface area (TPSA) is 19.1 Å². The smallest absolute Gasteiger partial charge is 0.119 e. The quantitative estimate of drug-likeness (QED) is 0.0888. The molecule has 0 aliphatic heterocycles. The van der Waals surface area contributed by atoms with Gasteiger partial charge in [-0.05, 0) is 118 Å². The van der Waals surface area contributed by atoms with Gasteiger partial charge in [-0.15, -0.1) is 0 Å². The first-order valence-electron chi connectivity index (χ1n) is 23.0. The van der Waals surface area contributed by atoms with Crippen LogP contribution in [0.15, 0.2) is 182 Å². The van der Waals surface area contributed by atoms with E-state index in [4.69, 9.17) is 4.74 Å². The number of ether oxygens (including phenoxy) is 1. The number of fused-ring (bicyclic) bond motifs is 6. The maximum Gasteiger partial charge on any atom is 0.119 e. The number of hydrogen-bond donors (Lipinski definition) is 0. The van der Waals surface area contributed by atoms with Crippen LogP contribution in [0, 0.1) is 6.92 Å². The van der Waals surface area contributed by atoms with Crippen LogP contribution < -0.4 is 4.74 Å². The third-order valence-electron chi connectivity index (χ3n) is 14.0. The van der Waals surface area contributed by atoms with Crippen LogP contribution in [0.25, 0.3) is 76.5 Å². The Morgan fingerprint density at radius 1 is 0.429 bits per heavy atom. The van der Waals surface area contributed by atoms with Gasteiger partial charge in [-0.2, -0.15) is 0 Å². The van der Waals surface area contributed by atoms with E-state index in [-0.39, 0.29) is 0 Å². The molecule has 3 nitrogen and oxygen atoms in total. The van der Waals surface area contributed by atoms with Gasteiger partial charge in [-0.25, -0.2) is 0 Å². The second-order valence-electron chi connectivity index (χ2n) is 17.7. The highest BCUT2D eigenvalue weighted by Crippen LogP contribution is 2.57. The van der Waals surface area contributed by atoms with Gasteiger partial charge >= 0.3 is 0 Å². The minimum atomic E-state index is -0.644. The standard InChI is InChI=1S/C60H50N2O/c1-3-4-5-6-7-16-35-63-47-33-31-44(32-34-47)60(43-29-25-40(2)26-30-43)52-38-45(61-54-21-12-8-17-48(54)49-18-9-13-22-55(49)61)36-41-27-28-42-37-46(39-53(60)59(42)58(41)52)62-56-23-14-10-19-50(56)51-20-11-15-24-57(51)62/h8-15,17-34,36-39H,3-7,16,35H2,1-2H3. The molecule has 11 aromatic rings. The Kier molecular flexibility index (Phi) is 9.00. The fourth-order valence-corrected chi connectivity index (χ4v) is 11.2. The summed E-state index contributed by atoms with van der Waals surface area (Å²) in [5.41, 5.74) is 12.9. The van der Waals surface area contributed by atoms with Crippen molar-refractivity contribution in [3.63, 3.8) is 0 Å². The number of aryl methyl sites for hydroxylation is 1. The van der Waals surface area contributed by atoms with Crippen molar-refractivity contribution >= 4 is 65.2 Å². The van der Waals surface area contributed by atoms with Crippen LogP contribution >= 0.6 is 0 Å². The Hall–Kier alpha value is -7.10. The molecule has 12 rings (SSSR count). The average Bonchev–Trinajstić information content (AvgIpc) is 3.95. The summed E-state index contributed by atoms with van der Waals surface area (Å²) in [4.78, 5) is 0. The van der Waals surface area contributed by atoms with Crippen molar-refractivity contribution in [2.45, 2.75) is 57.8 Å². The molecule has 2 aromatic heterocycles. The Morgan fingerprint density at radius 3 is 1.30 bits per heavy atom. The van der Waals surface area contributed by atoms with Gasteiger partial charge in [0, 0.05) is 32.9 Å². The summed E-state index contributed by atoms with van der Waals surface area (Å²) in [5, 5.41) is 10.2. The van der Waals surface area contributed by atoms with Gasteiger partial charge in [-0.1, -0.05) is 166 Å². The molecule has 0 fully saturated rings. The molecule has 0 radical (unpaired) electrons. The number of rotatable bonds is 12. The van der Waals surface area contributed by atoms with E-state index >= 15 is 0 Å². The van der Waals surface area contributed by atoms with Crippen LogP contribution in [0.4, 0.5) is 0 Å². The highest BCUT2D eigenvalue weighted by Gasteiger charge is 2.46. The molecule has 2 heterocycles. The van der Waals surface area contributed by atoms with Crippen molar-refractivity contribution in [1.29, 1.82) is 0 Å². The van der Waals surface area contributed by atoms with E-state index in [1.807, 2.05) is 0 Å². The zero-order valence-corrected chi connectivity index (χ0v) is 36.1. The van der Waals surface area contributed by atoms with Crippen LogP contribution in [-0.2, 0) is 5.41 Å². The Morgan fingerprint density at radius 2 is 0.841 bits per heavy atom. The number of nitrogens with zero attached hydrogens (tertiary/aromatic N) is 2. The van der Waals surface area contributed by atoms with E-state index in [1.54, 1.807) is 0 Å². The summed E-state index contributed by atoms with van der Waals surface area (Å²) in [6.45, 7) is 5.21. The molecule has 0 spiro atoms. The van der Waals surface area contributed by atoms with E-state index < -0.39 is 5.41 Å². The summed E-state index contributed by atoms with van der Waals surface area (Å²) < 4.78 is 11.4. The monoisotopic (exact) mass is 814 g/mol. The third kappa shape index (κ3) is 5.79. The first-order valence-corrected chi connectivity index (χ1v) is 23.0. The lowest BCUT2D eigenvalue weighted by Crippen LogP contribution is -2.29. The lowest BCUT2D eigenvalue weighted by atomic mass is 9.67. The second-order valence-corrected chi connectivity index (χ2v) is 17.7. The zero-order chi connectivity index (χ0) is 42.1. The van der Waals surface area contributed by atoms with Gasteiger partial charge < -0.3 is 13.9 Å². The molecule has 0 atom stereocenters. The fraction of sp³-hybridized carbons (Fsp3) is 0.167. The van der Waals surface area contributed by atoms with Crippen molar-refractivity contribution in [1.82, 2.24) is 9.13 Å². The van der Waals surface area contributed by atoms with Crippen LogP contribution in [0.2, 0.25) is 0 Å². The van der Waals surface area contributed by atoms with Crippen molar-refractivity contribution in [2.24, 2.45) is 0 Å². The number of hydrogen-bond acceptors (Lipinski definition) is 1. The largest absolute Gasteiger partial charge is 0.494 e. The second kappa shape index (κ2) is 15.1. The highest BCUT2D eigenvalue weighted by molar-refractivity contribution is 6.18. The predicted molar refractivity (Wildman–Crippen MR) is 266 cm³/mol. The van der Waals surface area contributed by atoms with Crippen molar-refractivity contribution < 1.29 is 4.74 Å². The summed E-state index contributed by atoms with van der Waals surface area (Å²) in [6, 6.07) is 68.5. The van der Waals surface area contributed by atoms with Gasteiger partial charge in [-0.3, -0.25) is 0 Å². The molecule has 1 aliphatic rings. The first kappa shape index (κ1) is 37.6. The van der Waals surface area contributed by atoms with Crippen molar-refractivity contribution in [3.05, 3.63) is 210 Å². The van der Waals surface area contributed by atoms with Gasteiger partial charge in [0.2, 0.25) is 0 Å². The van der Waals surface area contributed by atoms with Gasteiger partial charge in [0.05, 0.1) is 34.1 Å². The van der Waals surface area contributed by atoms with Gasteiger partial charge in [0.25, 0.3) is 0 Å². The molecule has 1 aliphatic carbocycles. The van der Waals surface area contributed by atoms with E-state index in [0.717, 1.165) is 18.8 Å². The van der Waals surface area contributed by atoms with Gasteiger partial charge in [0.15, 0.2) is 0 Å². The minimum absolute atomic E-state index is 0.644. The van der Waals surface area contributed by atoms with Crippen LogP contribution in [-0.4, -0.2) is 15.7 Å². The van der Waals surface area contributed by atoms with Gasteiger partial charge in [0.1, 0.15) is 5.75 Å². The third-order valence-corrected chi connectivity index (χ3v) is 14.0. The lowest BCUT2D eigenvalue weighted by Gasteiger charge is -2.35. The Labute approximate surface area is 368 Å². The molecule has 0 saturated carbocycles. The maximum atomic E-state index is 6.45.